The average molecular weight is 271 g/mol. The zero-order valence-corrected chi connectivity index (χ0v) is 12.2. The summed E-state index contributed by atoms with van der Waals surface area (Å²) >= 11 is 0. The maximum Gasteiger partial charge on any atom is 0.226 e. The number of carbonyl (C=O) groups is 1. The number of fused-ring (bicyclic) bond motifs is 1. The van der Waals surface area contributed by atoms with Gasteiger partial charge >= 0.3 is 0 Å². The van der Waals surface area contributed by atoms with Crippen molar-refractivity contribution >= 4 is 16.7 Å². The molecule has 0 aliphatic carbocycles. The van der Waals surface area contributed by atoms with Gasteiger partial charge in [0.05, 0.1) is 5.41 Å². The molecular weight excluding hydrogens is 250 g/mol. The molecule has 2 N–H and O–H groups in total. The Morgan fingerprint density at radius 1 is 1.30 bits per heavy atom. The second kappa shape index (κ2) is 6.01. The van der Waals surface area contributed by atoms with Crippen molar-refractivity contribution in [3.8, 4) is 0 Å². The van der Waals surface area contributed by atoms with Crippen LogP contribution in [0, 0.1) is 5.41 Å². The maximum atomic E-state index is 11.7. The molecule has 0 atom stereocenters. The summed E-state index contributed by atoms with van der Waals surface area (Å²) in [7, 11) is 1.67. The highest BCUT2D eigenvalue weighted by Gasteiger charge is 2.25. The van der Waals surface area contributed by atoms with Crippen LogP contribution in [0.5, 0.6) is 0 Å². The molecule has 4 heteroatoms. The van der Waals surface area contributed by atoms with Gasteiger partial charge in [0.25, 0.3) is 0 Å². The molecule has 106 valence electrons. The topological polar surface area (TPSA) is 54.0 Å². The van der Waals surface area contributed by atoms with Crippen LogP contribution >= 0.6 is 0 Å². The molecule has 2 aromatic rings. The maximum absolute atomic E-state index is 11.7. The fraction of sp³-hybridized carbons (Fsp3) is 0.375. The molecule has 0 bridgehead atoms. The van der Waals surface area contributed by atoms with E-state index in [2.05, 4.69) is 27.8 Å². The monoisotopic (exact) mass is 271 g/mol. The van der Waals surface area contributed by atoms with Gasteiger partial charge in [0.2, 0.25) is 5.91 Å². The van der Waals surface area contributed by atoms with E-state index >= 15 is 0 Å². The van der Waals surface area contributed by atoms with Gasteiger partial charge in [-0.05, 0) is 30.9 Å². The first-order valence-electron chi connectivity index (χ1n) is 6.79. The van der Waals surface area contributed by atoms with Crippen molar-refractivity contribution in [1.82, 2.24) is 15.6 Å². The van der Waals surface area contributed by atoms with E-state index < -0.39 is 5.41 Å². The van der Waals surface area contributed by atoms with Crippen LogP contribution in [-0.4, -0.2) is 24.5 Å². The van der Waals surface area contributed by atoms with Gasteiger partial charge in [-0.25, -0.2) is 0 Å². The smallest absolute Gasteiger partial charge is 0.226 e. The molecule has 1 aromatic carbocycles. The van der Waals surface area contributed by atoms with Gasteiger partial charge in [0.15, 0.2) is 0 Å². The van der Waals surface area contributed by atoms with Crippen molar-refractivity contribution < 1.29 is 4.79 Å². The van der Waals surface area contributed by atoms with Crippen LogP contribution in [0.4, 0.5) is 0 Å². The quantitative estimate of drug-likeness (QED) is 0.875. The van der Waals surface area contributed by atoms with Crippen LogP contribution in [0.1, 0.15) is 19.4 Å². The molecule has 0 aliphatic heterocycles. The second-order valence-corrected chi connectivity index (χ2v) is 5.58. The summed E-state index contributed by atoms with van der Waals surface area (Å²) < 4.78 is 0. The Morgan fingerprint density at radius 3 is 2.85 bits per heavy atom. The number of hydrogen-bond acceptors (Lipinski definition) is 3. The Hall–Kier alpha value is -1.94. The lowest BCUT2D eigenvalue weighted by Gasteiger charge is -2.23. The summed E-state index contributed by atoms with van der Waals surface area (Å²) in [4.78, 5) is 15.9. The predicted octanol–water partition coefficient (Wildman–Crippen LogP) is 2.10. The number of rotatable bonds is 5. The van der Waals surface area contributed by atoms with Crippen molar-refractivity contribution in [2.75, 3.05) is 13.6 Å². The molecule has 0 radical (unpaired) electrons. The Balaban J connectivity index is 2.05. The molecule has 0 spiro atoms. The molecule has 0 saturated carbocycles. The number of amides is 1. The number of nitrogens with one attached hydrogen (secondary N) is 2. The zero-order valence-electron chi connectivity index (χ0n) is 12.2. The number of aromatic nitrogens is 1. The fourth-order valence-corrected chi connectivity index (χ4v) is 2.27. The Morgan fingerprint density at radius 2 is 2.10 bits per heavy atom. The highest BCUT2D eigenvalue weighted by Crippen LogP contribution is 2.18. The lowest BCUT2D eigenvalue weighted by atomic mass is 9.92. The third-order valence-electron chi connectivity index (χ3n) is 3.50. The Kier molecular flexibility index (Phi) is 4.35. The average Bonchev–Trinajstić information content (AvgIpc) is 2.46. The minimum absolute atomic E-state index is 0.0483. The van der Waals surface area contributed by atoms with Gasteiger partial charge in [-0.3, -0.25) is 9.78 Å². The first-order chi connectivity index (χ1) is 9.54. The summed E-state index contributed by atoms with van der Waals surface area (Å²) in [6.07, 6.45) is 3.67. The molecule has 1 heterocycles. The van der Waals surface area contributed by atoms with E-state index in [1.165, 1.54) is 10.9 Å². The van der Waals surface area contributed by atoms with Gasteiger partial charge in [-0.15, -0.1) is 0 Å². The molecule has 1 aromatic heterocycles. The number of hydrogen-bond donors (Lipinski definition) is 2. The predicted molar refractivity (Wildman–Crippen MR) is 81.3 cm³/mol. The third kappa shape index (κ3) is 3.14. The van der Waals surface area contributed by atoms with Crippen molar-refractivity contribution in [3.63, 3.8) is 0 Å². The first kappa shape index (κ1) is 14.5. The van der Waals surface area contributed by atoms with E-state index in [4.69, 9.17) is 0 Å². The Bertz CT molecular complexity index is 602. The molecule has 0 aliphatic rings. The Labute approximate surface area is 119 Å². The van der Waals surface area contributed by atoms with Crippen LogP contribution in [0.2, 0.25) is 0 Å². The SMILES string of the molecule is CNC(=O)C(C)(C)CNCc1cccc2cnccc12. The minimum Gasteiger partial charge on any atom is -0.359 e. The molecule has 4 nitrogen and oxygen atoms in total. The summed E-state index contributed by atoms with van der Waals surface area (Å²) in [5, 5.41) is 8.40. The number of carbonyl (C=O) groups excluding carboxylic acids is 1. The van der Waals surface area contributed by atoms with Crippen molar-refractivity contribution in [1.29, 1.82) is 0 Å². The van der Waals surface area contributed by atoms with E-state index in [1.54, 1.807) is 13.2 Å². The molecule has 0 unspecified atom stereocenters. The van der Waals surface area contributed by atoms with Crippen molar-refractivity contribution in [3.05, 3.63) is 42.2 Å². The fourth-order valence-electron chi connectivity index (χ4n) is 2.27. The van der Waals surface area contributed by atoms with E-state index in [0.717, 1.165) is 11.9 Å². The van der Waals surface area contributed by atoms with Gasteiger partial charge < -0.3 is 10.6 Å². The van der Waals surface area contributed by atoms with Gasteiger partial charge in [0.1, 0.15) is 0 Å². The van der Waals surface area contributed by atoms with Crippen LogP contribution in [-0.2, 0) is 11.3 Å². The van der Waals surface area contributed by atoms with Gasteiger partial charge in [-0.1, -0.05) is 18.2 Å². The highest BCUT2D eigenvalue weighted by atomic mass is 16.2. The minimum atomic E-state index is -0.416. The van der Waals surface area contributed by atoms with Crippen LogP contribution in [0.3, 0.4) is 0 Å². The van der Waals surface area contributed by atoms with Crippen molar-refractivity contribution in [2.45, 2.75) is 20.4 Å². The molecule has 2 rings (SSSR count). The molecule has 0 fully saturated rings. The summed E-state index contributed by atoms with van der Waals surface area (Å²) in [6.45, 7) is 5.24. The zero-order chi connectivity index (χ0) is 14.6. The second-order valence-electron chi connectivity index (χ2n) is 5.58. The van der Waals surface area contributed by atoms with Crippen molar-refractivity contribution in [2.24, 2.45) is 5.41 Å². The van der Waals surface area contributed by atoms with Gasteiger partial charge in [-0.2, -0.15) is 0 Å². The van der Waals surface area contributed by atoms with E-state index in [9.17, 15) is 4.79 Å². The standard InChI is InChI=1S/C16H21N3O/c1-16(2,15(20)17-3)11-19-10-13-6-4-5-12-9-18-8-7-14(12)13/h4-9,19H,10-11H2,1-3H3,(H,17,20). The lowest BCUT2D eigenvalue weighted by molar-refractivity contribution is -0.128. The third-order valence-corrected chi connectivity index (χ3v) is 3.50. The van der Waals surface area contributed by atoms with Crippen LogP contribution < -0.4 is 10.6 Å². The summed E-state index contributed by atoms with van der Waals surface area (Å²) in [6, 6.07) is 8.21. The number of pyridine rings is 1. The highest BCUT2D eigenvalue weighted by molar-refractivity contribution is 5.84. The normalized spacial score (nSPS) is 11.6. The van der Waals surface area contributed by atoms with E-state index in [1.807, 2.05) is 32.2 Å². The molecule has 1 amide bonds. The summed E-state index contributed by atoms with van der Waals surface area (Å²) in [5.41, 5.74) is 0.804. The van der Waals surface area contributed by atoms with Crippen LogP contribution in [0.25, 0.3) is 10.8 Å². The molecule has 20 heavy (non-hydrogen) atoms. The molecule has 0 saturated heterocycles. The number of nitrogens with zero attached hydrogens (tertiary/aromatic N) is 1. The van der Waals surface area contributed by atoms with Gasteiger partial charge in [0, 0.05) is 37.9 Å². The summed E-state index contributed by atoms with van der Waals surface area (Å²) in [5.74, 6) is 0.0483. The number of benzene rings is 1. The van der Waals surface area contributed by atoms with Crippen LogP contribution in [0.15, 0.2) is 36.7 Å². The first-order valence-corrected chi connectivity index (χ1v) is 6.79. The van der Waals surface area contributed by atoms with E-state index in [0.29, 0.717) is 6.54 Å². The lowest BCUT2D eigenvalue weighted by Crippen LogP contribution is -2.41. The largest absolute Gasteiger partial charge is 0.359 e. The molecular formula is C16H21N3O. The van der Waals surface area contributed by atoms with E-state index in [-0.39, 0.29) is 5.91 Å².